The molecule has 0 N–H and O–H groups in total. The van der Waals surface area contributed by atoms with Crippen LogP contribution in [0.2, 0.25) is 5.02 Å². The van der Waals surface area contributed by atoms with E-state index in [1.807, 2.05) is 19.1 Å². The van der Waals surface area contributed by atoms with Gasteiger partial charge in [-0.15, -0.1) is 5.10 Å². The number of carbonyl (C=O) groups is 1. The molecule has 1 saturated heterocycles. The Labute approximate surface area is 156 Å². The zero-order chi connectivity index (χ0) is 17.8. The molecule has 1 aliphatic rings. The average Bonchev–Trinajstić information content (AvgIpc) is 2.97. The smallest absolute Gasteiger partial charge is 0.309 e. The number of halogens is 1. The summed E-state index contributed by atoms with van der Waals surface area (Å²) < 4.78 is 12.4. The van der Waals surface area contributed by atoms with Gasteiger partial charge in [-0.2, -0.15) is 0 Å². The first kappa shape index (κ1) is 18.1. The van der Waals surface area contributed by atoms with Crippen molar-refractivity contribution in [3.05, 3.63) is 34.1 Å². The van der Waals surface area contributed by atoms with E-state index in [1.54, 1.807) is 16.8 Å². The van der Waals surface area contributed by atoms with Crippen LogP contribution in [0.1, 0.15) is 19.8 Å². The van der Waals surface area contributed by atoms with Crippen molar-refractivity contribution in [2.24, 2.45) is 5.92 Å². The summed E-state index contributed by atoms with van der Waals surface area (Å²) in [6.07, 6.45) is 1.57. The number of carbonyl (C=O) groups excluding carboxylic acids is 1. The van der Waals surface area contributed by atoms with Gasteiger partial charge in [-0.3, -0.25) is 9.69 Å². The number of ether oxygens (including phenoxy) is 1. The lowest BCUT2D eigenvalue weighted by molar-refractivity contribution is -0.149. The lowest BCUT2D eigenvalue weighted by Crippen LogP contribution is -2.38. The molecule has 2 heterocycles. The molecule has 1 aliphatic heterocycles. The lowest BCUT2D eigenvalue weighted by atomic mass is 9.97. The molecule has 0 amide bonds. The fraction of sp³-hybridized carbons (Fsp3) is 0.471. The van der Waals surface area contributed by atoms with E-state index in [0.29, 0.717) is 29.0 Å². The van der Waals surface area contributed by atoms with Crippen LogP contribution in [0.5, 0.6) is 0 Å². The summed E-state index contributed by atoms with van der Waals surface area (Å²) in [7, 11) is 0. The van der Waals surface area contributed by atoms with E-state index in [9.17, 15) is 4.79 Å². The second-order valence-corrected chi connectivity index (χ2v) is 6.75. The molecule has 134 valence electrons. The van der Waals surface area contributed by atoms with Crippen LogP contribution in [0.3, 0.4) is 0 Å². The van der Waals surface area contributed by atoms with E-state index in [-0.39, 0.29) is 11.9 Å². The van der Waals surface area contributed by atoms with Gasteiger partial charge in [0.25, 0.3) is 4.84 Å². The molecule has 0 unspecified atom stereocenters. The summed E-state index contributed by atoms with van der Waals surface area (Å²) in [5, 5.41) is 5.12. The standard InChI is InChI=1S/C17H20ClN3O3S/c1-2-23-16(22)13-7-9-20(10-8-13)11-21-17(25)24-15(19-21)12-3-5-14(18)6-4-12/h3-6,13H,2,7-11H2,1H3. The molecule has 1 aromatic heterocycles. The molecule has 3 rings (SSSR count). The van der Waals surface area contributed by atoms with Crippen LogP contribution >= 0.6 is 23.8 Å². The maximum atomic E-state index is 11.8. The summed E-state index contributed by atoms with van der Waals surface area (Å²) in [4.78, 5) is 14.3. The zero-order valence-corrected chi connectivity index (χ0v) is 15.6. The van der Waals surface area contributed by atoms with Crippen LogP contribution in [-0.4, -0.2) is 40.3 Å². The number of rotatable bonds is 5. The number of piperidine rings is 1. The second kappa shape index (κ2) is 8.12. The Morgan fingerprint density at radius 1 is 1.36 bits per heavy atom. The third-order valence-corrected chi connectivity index (χ3v) is 4.78. The molecule has 0 bridgehead atoms. The number of esters is 1. The van der Waals surface area contributed by atoms with E-state index in [2.05, 4.69) is 10.00 Å². The number of likely N-dealkylation sites (tertiary alicyclic amines) is 1. The number of hydrogen-bond acceptors (Lipinski definition) is 6. The van der Waals surface area contributed by atoms with Crippen molar-refractivity contribution in [2.45, 2.75) is 26.4 Å². The number of hydrogen-bond donors (Lipinski definition) is 0. The molecule has 0 saturated carbocycles. The summed E-state index contributed by atoms with van der Waals surface area (Å²) in [5.74, 6) is 0.374. The van der Waals surface area contributed by atoms with Crippen molar-refractivity contribution in [2.75, 3.05) is 19.7 Å². The Bertz CT molecular complexity index is 779. The number of benzene rings is 1. The van der Waals surface area contributed by atoms with Crippen molar-refractivity contribution in [1.82, 2.24) is 14.7 Å². The summed E-state index contributed by atoms with van der Waals surface area (Å²) in [5.41, 5.74) is 0.829. The van der Waals surface area contributed by atoms with Crippen LogP contribution in [0.4, 0.5) is 0 Å². The third-order valence-electron chi connectivity index (χ3n) is 4.24. The van der Waals surface area contributed by atoms with Crippen molar-refractivity contribution in [3.63, 3.8) is 0 Å². The van der Waals surface area contributed by atoms with Gasteiger partial charge in [0.05, 0.1) is 19.2 Å². The highest BCUT2D eigenvalue weighted by Crippen LogP contribution is 2.22. The Hall–Kier alpha value is -1.70. The second-order valence-electron chi connectivity index (χ2n) is 5.97. The summed E-state index contributed by atoms with van der Waals surface area (Å²) in [6.45, 7) is 4.41. The minimum absolute atomic E-state index is 0.00823. The monoisotopic (exact) mass is 381 g/mol. The molecule has 1 aromatic carbocycles. The molecule has 25 heavy (non-hydrogen) atoms. The summed E-state index contributed by atoms with van der Waals surface area (Å²) in [6, 6.07) is 7.26. The van der Waals surface area contributed by atoms with Gasteiger partial charge in [0.1, 0.15) is 0 Å². The molecule has 0 spiro atoms. The van der Waals surface area contributed by atoms with Gasteiger partial charge in [0.15, 0.2) is 0 Å². The molecule has 6 nitrogen and oxygen atoms in total. The minimum atomic E-state index is -0.0924. The van der Waals surface area contributed by atoms with Crippen LogP contribution in [0.15, 0.2) is 28.7 Å². The molecular weight excluding hydrogens is 362 g/mol. The fourth-order valence-electron chi connectivity index (χ4n) is 2.86. The molecule has 0 aliphatic carbocycles. The van der Waals surface area contributed by atoms with Gasteiger partial charge in [0.2, 0.25) is 5.89 Å². The predicted molar refractivity (Wildman–Crippen MR) is 96.7 cm³/mol. The third kappa shape index (κ3) is 4.48. The molecule has 0 radical (unpaired) electrons. The largest absolute Gasteiger partial charge is 0.466 e. The Balaban J connectivity index is 1.62. The van der Waals surface area contributed by atoms with Crippen molar-refractivity contribution in [1.29, 1.82) is 0 Å². The quantitative estimate of drug-likeness (QED) is 0.580. The van der Waals surface area contributed by atoms with Crippen molar-refractivity contribution in [3.8, 4) is 11.5 Å². The lowest BCUT2D eigenvalue weighted by Gasteiger charge is -2.30. The van der Waals surface area contributed by atoms with E-state index in [4.69, 9.17) is 33.0 Å². The highest BCUT2D eigenvalue weighted by atomic mass is 35.5. The fourth-order valence-corrected chi connectivity index (χ4v) is 3.17. The van der Waals surface area contributed by atoms with Gasteiger partial charge in [-0.05, 0) is 56.2 Å². The molecule has 0 atom stereocenters. The topological polar surface area (TPSA) is 60.5 Å². The highest BCUT2D eigenvalue weighted by Gasteiger charge is 2.26. The van der Waals surface area contributed by atoms with Crippen LogP contribution in [0, 0.1) is 10.8 Å². The van der Waals surface area contributed by atoms with E-state index >= 15 is 0 Å². The maximum absolute atomic E-state index is 11.8. The highest BCUT2D eigenvalue weighted by molar-refractivity contribution is 7.71. The number of aromatic nitrogens is 2. The molecule has 1 fully saturated rings. The summed E-state index contributed by atoms with van der Waals surface area (Å²) >= 11 is 11.2. The molecule has 8 heteroatoms. The zero-order valence-electron chi connectivity index (χ0n) is 14.0. The van der Waals surface area contributed by atoms with E-state index in [0.717, 1.165) is 31.5 Å². The van der Waals surface area contributed by atoms with E-state index < -0.39 is 0 Å². The van der Waals surface area contributed by atoms with Crippen molar-refractivity contribution >= 4 is 29.8 Å². The van der Waals surface area contributed by atoms with Crippen LogP contribution < -0.4 is 0 Å². The first-order chi connectivity index (χ1) is 12.1. The van der Waals surface area contributed by atoms with Gasteiger partial charge in [0, 0.05) is 23.7 Å². The van der Waals surface area contributed by atoms with Gasteiger partial charge >= 0.3 is 5.97 Å². The Morgan fingerprint density at radius 2 is 2.04 bits per heavy atom. The Morgan fingerprint density at radius 3 is 2.68 bits per heavy atom. The Kier molecular flexibility index (Phi) is 5.88. The van der Waals surface area contributed by atoms with Gasteiger partial charge in [-0.25, -0.2) is 4.68 Å². The van der Waals surface area contributed by atoms with E-state index in [1.165, 1.54) is 0 Å². The normalized spacial score (nSPS) is 16.1. The van der Waals surface area contributed by atoms with Gasteiger partial charge < -0.3 is 9.15 Å². The molecule has 2 aromatic rings. The predicted octanol–water partition coefficient (Wildman–Crippen LogP) is 3.76. The average molecular weight is 382 g/mol. The minimum Gasteiger partial charge on any atom is -0.466 e. The van der Waals surface area contributed by atoms with Crippen LogP contribution in [0.25, 0.3) is 11.5 Å². The molecular formula is C17H20ClN3O3S. The maximum Gasteiger partial charge on any atom is 0.309 e. The van der Waals surface area contributed by atoms with Gasteiger partial charge in [-0.1, -0.05) is 11.6 Å². The van der Waals surface area contributed by atoms with Crippen LogP contribution in [-0.2, 0) is 16.2 Å². The first-order valence-corrected chi connectivity index (χ1v) is 9.08. The first-order valence-electron chi connectivity index (χ1n) is 8.29. The number of nitrogens with zero attached hydrogens (tertiary/aromatic N) is 3. The van der Waals surface area contributed by atoms with Crippen molar-refractivity contribution < 1.29 is 13.9 Å². The SMILES string of the molecule is CCOC(=O)C1CCN(Cn2nc(-c3ccc(Cl)cc3)oc2=S)CC1.